The van der Waals surface area contributed by atoms with Crippen LogP contribution in [-0.2, 0) is 4.43 Å². The van der Waals surface area contributed by atoms with Gasteiger partial charge in [0.2, 0.25) is 8.32 Å². The van der Waals surface area contributed by atoms with E-state index >= 15 is 0 Å². The summed E-state index contributed by atoms with van der Waals surface area (Å²) in [6.07, 6.45) is 1.20. The highest BCUT2D eigenvalue weighted by atomic mass is 28.4. The van der Waals surface area contributed by atoms with Crippen LogP contribution in [0.1, 0.15) is 17.9 Å². The van der Waals surface area contributed by atoms with Crippen LogP contribution in [0, 0.1) is 5.92 Å². The molecular weight excluding hydrogens is 212 g/mol. The first-order valence-corrected chi connectivity index (χ1v) is 9.31. The van der Waals surface area contributed by atoms with Gasteiger partial charge in [-0.25, -0.2) is 0 Å². The monoisotopic (exact) mass is 232 g/mol. The molecule has 0 heterocycles. The minimum absolute atomic E-state index is 0.550. The topological polar surface area (TPSA) is 9.23 Å². The molecule has 0 N–H and O–H groups in total. The SMILES string of the molecule is C=C(O[Si](C)(C)C)[C@H]1C[C@@H]1c1ccccc1. The first-order chi connectivity index (χ1) is 7.47. The third kappa shape index (κ3) is 2.76. The highest BCUT2D eigenvalue weighted by molar-refractivity contribution is 6.70. The number of allylic oxidation sites excluding steroid dienone is 1. The summed E-state index contributed by atoms with van der Waals surface area (Å²) in [5.41, 5.74) is 1.42. The molecule has 1 aromatic rings. The summed E-state index contributed by atoms with van der Waals surface area (Å²) in [6.45, 7) is 10.7. The molecule has 0 aliphatic heterocycles. The summed E-state index contributed by atoms with van der Waals surface area (Å²) in [5.74, 6) is 2.20. The van der Waals surface area contributed by atoms with Crippen LogP contribution in [0.25, 0.3) is 0 Å². The lowest BCUT2D eigenvalue weighted by Gasteiger charge is -2.21. The Kier molecular flexibility index (Phi) is 2.93. The van der Waals surface area contributed by atoms with Gasteiger partial charge >= 0.3 is 0 Å². The molecule has 1 nitrogen and oxygen atoms in total. The smallest absolute Gasteiger partial charge is 0.241 e. The van der Waals surface area contributed by atoms with E-state index in [4.69, 9.17) is 4.43 Å². The van der Waals surface area contributed by atoms with E-state index in [0.29, 0.717) is 11.8 Å². The lowest BCUT2D eigenvalue weighted by Crippen LogP contribution is -2.25. The van der Waals surface area contributed by atoms with Crippen molar-refractivity contribution in [1.82, 2.24) is 0 Å². The van der Waals surface area contributed by atoms with E-state index < -0.39 is 8.32 Å². The van der Waals surface area contributed by atoms with E-state index in [9.17, 15) is 0 Å². The molecule has 1 saturated carbocycles. The molecule has 1 aliphatic rings. The molecule has 16 heavy (non-hydrogen) atoms. The van der Waals surface area contributed by atoms with Crippen molar-refractivity contribution in [3.8, 4) is 0 Å². The molecule has 2 heteroatoms. The average molecular weight is 232 g/mol. The molecule has 86 valence electrons. The highest BCUT2D eigenvalue weighted by Gasteiger charge is 2.42. The predicted octanol–water partition coefficient (Wildman–Crippen LogP) is 4.16. The number of hydrogen-bond donors (Lipinski definition) is 0. The molecule has 1 fully saturated rings. The van der Waals surface area contributed by atoms with Gasteiger partial charge < -0.3 is 4.43 Å². The standard InChI is InChI=1S/C14H20OSi/c1-11(15-16(2,3)4)13-10-14(13)12-8-6-5-7-9-12/h5-9,13-14H,1,10H2,2-4H3/t13-,14-/m1/s1. The van der Waals surface area contributed by atoms with Gasteiger partial charge in [0.25, 0.3) is 0 Å². The molecule has 2 atom stereocenters. The van der Waals surface area contributed by atoms with Crippen molar-refractivity contribution in [2.45, 2.75) is 32.0 Å². The van der Waals surface area contributed by atoms with Crippen LogP contribution in [0.15, 0.2) is 42.7 Å². The summed E-state index contributed by atoms with van der Waals surface area (Å²) >= 11 is 0. The van der Waals surface area contributed by atoms with Gasteiger partial charge in [-0.1, -0.05) is 36.9 Å². The number of rotatable bonds is 4. The summed E-state index contributed by atoms with van der Waals surface area (Å²) in [4.78, 5) is 0. The molecule has 0 radical (unpaired) electrons. The molecule has 0 aromatic heterocycles. The van der Waals surface area contributed by atoms with Crippen LogP contribution in [0.5, 0.6) is 0 Å². The minimum Gasteiger partial charge on any atom is -0.548 e. The second kappa shape index (κ2) is 4.09. The molecule has 0 bridgehead atoms. The molecule has 1 aliphatic carbocycles. The van der Waals surface area contributed by atoms with E-state index in [1.807, 2.05) is 0 Å². The van der Waals surface area contributed by atoms with Gasteiger partial charge in [0.15, 0.2) is 0 Å². The van der Waals surface area contributed by atoms with E-state index in [0.717, 1.165) is 5.76 Å². The van der Waals surface area contributed by atoms with Crippen molar-refractivity contribution in [3.63, 3.8) is 0 Å². The van der Waals surface area contributed by atoms with Crippen LogP contribution >= 0.6 is 0 Å². The summed E-state index contributed by atoms with van der Waals surface area (Å²) < 4.78 is 5.96. The number of benzene rings is 1. The maximum Gasteiger partial charge on any atom is 0.241 e. The maximum atomic E-state index is 5.96. The number of hydrogen-bond acceptors (Lipinski definition) is 1. The summed E-state index contributed by atoms with van der Waals surface area (Å²) in [7, 11) is -1.47. The Bertz CT molecular complexity index is 377. The fraction of sp³-hybridized carbons (Fsp3) is 0.429. The zero-order valence-corrected chi connectivity index (χ0v) is 11.4. The second-order valence-corrected chi connectivity index (χ2v) is 9.97. The Morgan fingerprint density at radius 1 is 1.25 bits per heavy atom. The van der Waals surface area contributed by atoms with Gasteiger partial charge in [0.1, 0.15) is 0 Å². The van der Waals surface area contributed by atoms with E-state index in [1.54, 1.807) is 0 Å². The summed E-state index contributed by atoms with van der Waals surface area (Å²) in [5, 5.41) is 0. The summed E-state index contributed by atoms with van der Waals surface area (Å²) in [6, 6.07) is 10.7. The third-order valence-corrected chi connectivity index (χ3v) is 3.74. The third-order valence-electron chi connectivity index (χ3n) is 2.87. The lowest BCUT2D eigenvalue weighted by atomic mass is 10.1. The van der Waals surface area contributed by atoms with Crippen molar-refractivity contribution < 1.29 is 4.43 Å². The van der Waals surface area contributed by atoms with E-state index in [2.05, 4.69) is 56.6 Å². The molecule has 0 amide bonds. The molecule has 0 spiro atoms. The van der Waals surface area contributed by atoms with Crippen LogP contribution in [-0.4, -0.2) is 8.32 Å². The first-order valence-electron chi connectivity index (χ1n) is 5.90. The minimum atomic E-state index is -1.47. The maximum absolute atomic E-state index is 5.96. The molecule has 1 aromatic carbocycles. The van der Waals surface area contributed by atoms with Crippen molar-refractivity contribution in [3.05, 3.63) is 48.2 Å². The van der Waals surface area contributed by atoms with Crippen LogP contribution in [0.4, 0.5) is 0 Å². The van der Waals surface area contributed by atoms with Crippen LogP contribution in [0.3, 0.4) is 0 Å². The van der Waals surface area contributed by atoms with Crippen LogP contribution in [0.2, 0.25) is 19.6 Å². The van der Waals surface area contributed by atoms with Crippen molar-refractivity contribution in [2.75, 3.05) is 0 Å². The predicted molar refractivity (Wildman–Crippen MR) is 70.9 cm³/mol. The first kappa shape index (κ1) is 11.5. The van der Waals surface area contributed by atoms with Gasteiger partial charge in [-0.3, -0.25) is 0 Å². The normalized spacial score (nSPS) is 23.9. The Labute approximate surface area is 99.3 Å². The van der Waals surface area contributed by atoms with Gasteiger partial charge in [-0.2, -0.15) is 0 Å². The Hall–Kier alpha value is -1.02. The lowest BCUT2D eigenvalue weighted by molar-refractivity contribution is 0.391. The van der Waals surface area contributed by atoms with E-state index in [1.165, 1.54) is 12.0 Å². The molecule has 2 rings (SSSR count). The van der Waals surface area contributed by atoms with Gasteiger partial charge in [-0.05, 0) is 37.5 Å². The Morgan fingerprint density at radius 2 is 1.88 bits per heavy atom. The van der Waals surface area contributed by atoms with Crippen LogP contribution < -0.4 is 0 Å². The average Bonchev–Trinajstić information content (AvgIpc) is 2.96. The molecule has 0 saturated heterocycles. The largest absolute Gasteiger partial charge is 0.548 e. The molecule has 0 unspecified atom stereocenters. The Balaban J connectivity index is 1.95. The van der Waals surface area contributed by atoms with Gasteiger partial charge in [0.05, 0.1) is 5.76 Å². The van der Waals surface area contributed by atoms with Crippen molar-refractivity contribution in [2.24, 2.45) is 5.92 Å². The Morgan fingerprint density at radius 3 is 2.44 bits per heavy atom. The zero-order valence-electron chi connectivity index (χ0n) is 10.4. The van der Waals surface area contributed by atoms with Gasteiger partial charge in [-0.15, -0.1) is 0 Å². The molecular formula is C14H20OSi. The zero-order chi connectivity index (χ0) is 11.8. The fourth-order valence-electron chi connectivity index (χ4n) is 2.09. The van der Waals surface area contributed by atoms with Crippen molar-refractivity contribution in [1.29, 1.82) is 0 Å². The van der Waals surface area contributed by atoms with Crippen molar-refractivity contribution >= 4 is 8.32 Å². The quantitative estimate of drug-likeness (QED) is 0.559. The second-order valence-electron chi connectivity index (χ2n) is 5.54. The van der Waals surface area contributed by atoms with Gasteiger partial charge in [0, 0.05) is 5.92 Å². The highest BCUT2D eigenvalue weighted by Crippen LogP contribution is 2.51. The fourth-order valence-corrected chi connectivity index (χ4v) is 3.03. The van der Waals surface area contributed by atoms with E-state index in [-0.39, 0.29) is 0 Å².